The first-order valence-corrected chi connectivity index (χ1v) is 5.55. The molecule has 0 unspecified atom stereocenters. The van der Waals surface area contributed by atoms with Gasteiger partial charge in [-0.15, -0.1) is 0 Å². The number of hydrogen-bond donors (Lipinski definition) is 4. The van der Waals surface area contributed by atoms with Crippen LogP contribution in [0.4, 0.5) is 0 Å². The quantitative estimate of drug-likeness (QED) is 0.359. The molecule has 0 amide bonds. The Bertz CT molecular complexity index is 108. The molecule has 7 heteroatoms. The predicted molar refractivity (Wildman–Crippen MR) is 69.8 cm³/mol. The van der Waals surface area contributed by atoms with Crippen LogP contribution in [0.3, 0.4) is 0 Å². The van der Waals surface area contributed by atoms with Gasteiger partial charge in [-0.1, -0.05) is 0 Å². The van der Waals surface area contributed by atoms with Crippen LogP contribution in [0.25, 0.3) is 0 Å². The zero-order valence-corrected chi connectivity index (χ0v) is 10.9. The minimum atomic E-state index is 0. The summed E-state index contributed by atoms with van der Waals surface area (Å²) in [5.41, 5.74) is 10.6. The largest absolute Gasteiger partial charge is 0.379 e. The lowest BCUT2D eigenvalue weighted by atomic mass is 10.5. The average molecular weight is 254 g/mol. The molecule has 0 saturated carbocycles. The summed E-state index contributed by atoms with van der Waals surface area (Å²) in [6.07, 6.45) is 1.81. The van der Waals surface area contributed by atoms with Crippen LogP contribution < -0.4 is 23.8 Å². The van der Waals surface area contributed by atoms with E-state index in [0.29, 0.717) is 52.7 Å². The Morgan fingerprint density at radius 1 is 0.529 bits per heavy atom. The Balaban J connectivity index is -0.000000980. The first-order chi connectivity index (χ1) is 7.41. The molecule has 7 nitrogen and oxygen atoms in total. The fourth-order valence-electron chi connectivity index (χ4n) is 0.913. The molecule has 17 heavy (non-hydrogen) atoms. The van der Waals surface area contributed by atoms with E-state index in [1.54, 1.807) is 0 Å². The van der Waals surface area contributed by atoms with Crippen LogP contribution in [0, 0.1) is 0 Å². The monoisotopic (exact) mass is 254 g/mol. The van der Waals surface area contributed by atoms with Gasteiger partial charge in [0, 0.05) is 13.2 Å². The van der Waals surface area contributed by atoms with Crippen molar-refractivity contribution in [2.45, 2.75) is 12.8 Å². The van der Waals surface area contributed by atoms with Crippen molar-refractivity contribution in [3.63, 3.8) is 0 Å². The Morgan fingerprint density at radius 3 is 1.12 bits per heavy atom. The summed E-state index contributed by atoms with van der Waals surface area (Å²) in [6, 6.07) is 0. The molecule has 0 aromatic rings. The second kappa shape index (κ2) is 21.1. The van der Waals surface area contributed by atoms with E-state index < -0.39 is 0 Å². The van der Waals surface area contributed by atoms with Crippen LogP contribution in [0.2, 0.25) is 0 Å². The van der Waals surface area contributed by atoms with E-state index in [2.05, 4.69) is 0 Å². The van der Waals surface area contributed by atoms with E-state index in [4.69, 9.17) is 25.7 Å². The average Bonchev–Trinajstić information content (AvgIpc) is 2.26. The first-order valence-electron chi connectivity index (χ1n) is 5.55. The Kier molecular flexibility index (Phi) is 27.2. The van der Waals surface area contributed by atoms with Crippen molar-refractivity contribution in [1.29, 1.82) is 0 Å². The molecule has 0 rings (SSSR count). The van der Waals surface area contributed by atoms with E-state index in [0.717, 1.165) is 12.8 Å². The second-order valence-electron chi connectivity index (χ2n) is 3.12. The summed E-state index contributed by atoms with van der Waals surface area (Å²) in [6.45, 7) is 5.27. The van der Waals surface area contributed by atoms with Gasteiger partial charge in [-0.25, -0.2) is 0 Å². The highest BCUT2D eigenvalue weighted by Gasteiger charge is 1.91. The molecule has 108 valence electrons. The summed E-state index contributed by atoms with van der Waals surface area (Å²) < 4.78 is 15.8. The molecule has 10 N–H and O–H groups in total. The van der Waals surface area contributed by atoms with Crippen LogP contribution in [0.15, 0.2) is 0 Å². The van der Waals surface area contributed by atoms with Crippen LogP contribution in [0.1, 0.15) is 12.8 Å². The van der Waals surface area contributed by atoms with Crippen molar-refractivity contribution in [3.8, 4) is 0 Å². The molecular weight excluding hydrogens is 224 g/mol. The van der Waals surface area contributed by atoms with Gasteiger partial charge in [0.2, 0.25) is 0 Å². The van der Waals surface area contributed by atoms with Crippen molar-refractivity contribution >= 4 is 0 Å². The summed E-state index contributed by atoms with van der Waals surface area (Å²) in [4.78, 5) is 0. The molecule has 0 aliphatic heterocycles. The Hall–Kier alpha value is -0.280. The number of nitrogens with two attached hydrogens (primary N) is 2. The second-order valence-corrected chi connectivity index (χ2v) is 3.12. The van der Waals surface area contributed by atoms with Crippen molar-refractivity contribution in [2.24, 2.45) is 11.5 Å². The van der Waals surface area contributed by atoms with Gasteiger partial charge in [-0.3, -0.25) is 0 Å². The van der Waals surface area contributed by atoms with Crippen molar-refractivity contribution in [2.75, 3.05) is 52.7 Å². The minimum absolute atomic E-state index is 0. The maximum atomic E-state index is 5.31. The van der Waals surface area contributed by atoms with Gasteiger partial charge in [-0.05, 0) is 25.9 Å². The molecule has 0 aliphatic carbocycles. The number of rotatable bonds is 12. The van der Waals surface area contributed by atoms with E-state index in [1.807, 2.05) is 0 Å². The Morgan fingerprint density at radius 2 is 0.824 bits per heavy atom. The van der Waals surface area contributed by atoms with E-state index >= 15 is 0 Å². The van der Waals surface area contributed by atoms with Gasteiger partial charge in [0.05, 0.1) is 26.4 Å². The molecular formula is C10H30N4O3. The summed E-state index contributed by atoms with van der Waals surface area (Å²) in [5.74, 6) is 0. The van der Waals surface area contributed by atoms with E-state index in [-0.39, 0.29) is 12.3 Å². The third-order valence-electron chi connectivity index (χ3n) is 1.73. The van der Waals surface area contributed by atoms with Gasteiger partial charge in [0.15, 0.2) is 0 Å². The lowest BCUT2D eigenvalue weighted by Gasteiger charge is -2.06. The van der Waals surface area contributed by atoms with E-state index in [1.165, 1.54) is 0 Å². The van der Waals surface area contributed by atoms with E-state index in [9.17, 15) is 0 Å². The molecule has 0 heterocycles. The first kappa shape index (κ1) is 21.9. The van der Waals surface area contributed by atoms with Gasteiger partial charge in [-0.2, -0.15) is 0 Å². The molecule has 0 bridgehead atoms. The highest BCUT2D eigenvalue weighted by atomic mass is 16.5. The molecule has 0 saturated heterocycles. The molecule has 0 aromatic heterocycles. The lowest BCUT2D eigenvalue weighted by molar-refractivity contribution is 0.0143. The van der Waals surface area contributed by atoms with Crippen LogP contribution in [-0.4, -0.2) is 52.7 Å². The summed E-state index contributed by atoms with van der Waals surface area (Å²) in [7, 11) is 0. The van der Waals surface area contributed by atoms with Crippen LogP contribution >= 0.6 is 0 Å². The van der Waals surface area contributed by atoms with Crippen molar-refractivity contribution in [3.05, 3.63) is 0 Å². The van der Waals surface area contributed by atoms with Crippen molar-refractivity contribution in [1.82, 2.24) is 12.3 Å². The van der Waals surface area contributed by atoms with Gasteiger partial charge in [0.1, 0.15) is 0 Å². The summed E-state index contributed by atoms with van der Waals surface area (Å²) in [5, 5.41) is 0. The van der Waals surface area contributed by atoms with Crippen molar-refractivity contribution < 1.29 is 14.2 Å². The number of hydrogen-bond acceptors (Lipinski definition) is 7. The fourth-order valence-corrected chi connectivity index (χ4v) is 0.913. The molecule has 0 atom stereocenters. The normalized spacial score (nSPS) is 9.53. The SMILES string of the molecule is N.N.NCCCOCCOCCOCCCN. The third-order valence-corrected chi connectivity index (χ3v) is 1.73. The van der Waals surface area contributed by atoms with Gasteiger partial charge >= 0.3 is 0 Å². The standard InChI is InChI=1S/C10H24N2O3.2H3N/c11-3-1-5-13-7-9-15-10-8-14-6-2-4-12;;/h1-12H2;2*1H3. The molecule has 0 aliphatic rings. The molecule has 0 radical (unpaired) electrons. The zero-order chi connectivity index (χ0) is 11.2. The van der Waals surface area contributed by atoms with Crippen LogP contribution in [0.5, 0.6) is 0 Å². The molecule has 0 spiro atoms. The lowest BCUT2D eigenvalue weighted by Crippen LogP contribution is -2.12. The highest BCUT2D eigenvalue weighted by Crippen LogP contribution is 1.84. The topological polar surface area (TPSA) is 150 Å². The summed E-state index contributed by atoms with van der Waals surface area (Å²) >= 11 is 0. The van der Waals surface area contributed by atoms with Gasteiger partial charge in [0.25, 0.3) is 0 Å². The smallest absolute Gasteiger partial charge is 0.0701 e. The fraction of sp³-hybridized carbons (Fsp3) is 1.00. The predicted octanol–water partition coefficient (Wildman–Crippen LogP) is 0.0578. The van der Waals surface area contributed by atoms with Crippen LogP contribution in [-0.2, 0) is 14.2 Å². The molecule has 0 fully saturated rings. The minimum Gasteiger partial charge on any atom is -0.379 e. The third kappa shape index (κ3) is 21.5. The molecule has 0 aromatic carbocycles. The Labute approximate surface area is 104 Å². The zero-order valence-electron chi connectivity index (χ0n) is 10.9. The van der Waals surface area contributed by atoms with Gasteiger partial charge < -0.3 is 38.0 Å². The number of ether oxygens (including phenoxy) is 3. The maximum absolute atomic E-state index is 5.31. The highest BCUT2D eigenvalue weighted by molar-refractivity contribution is 4.38. The maximum Gasteiger partial charge on any atom is 0.0701 e.